The van der Waals surface area contributed by atoms with Crippen LogP contribution in [0.2, 0.25) is 0 Å². The molecule has 2 unspecified atom stereocenters. The van der Waals surface area contributed by atoms with Crippen molar-refractivity contribution >= 4 is 21.6 Å². The molecule has 0 aromatic heterocycles. The van der Waals surface area contributed by atoms with Crippen LogP contribution < -0.4 is 5.32 Å². The highest BCUT2D eigenvalue weighted by molar-refractivity contribution is 7.84. The van der Waals surface area contributed by atoms with E-state index in [0.717, 1.165) is 18.1 Å². The number of nitrogens with one attached hydrogen (secondary N) is 1. The van der Waals surface area contributed by atoms with Crippen molar-refractivity contribution < 1.29 is 4.21 Å². The van der Waals surface area contributed by atoms with Crippen LogP contribution in [0, 0.1) is 0 Å². The fourth-order valence-electron chi connectivity index (χ4n) is 2.13. The Bertz CT molecular complexity index is 567. The van der Waals surface area contributed by atoms with Gasteiger partial charge in [-0.05, 0) is 29.3 Å². The van der Waals surface area contributed by atoms with Gasteiger partial charge in [0, 0.05) is 34.9 Å². The summed E-state index contributed by atoms with van der Waals surface area (Å²) in [4.78, 5) is 0. The van der Waals surface area contributed by atoms with Gasteiger partial charge < -0.3 is 5.32 Å². The first kappa shape index (κ1) is 14.2. The maximum atomic E-state index is 11.4. The van der Waals surface area contributed by atoms with Crippen molar-refractivity contribution in [3.8, 4) is 0 Å². The molecule has 2 aromatic rings. The second kappa shape index (κ2) is 6.83. The van der Waals surface area contributed by atoms with Crippen LogP contribution in [-0.2, 0) is 10.8 Å². The summed E-state index contributed by atoms with van der Waals surface area (Å²) in [5.41, 5.74) is 1.28. The summed E-state index contributed by atoms with van der Waals surface area (Å²) in [5, 5.41) is 5.97. The Hall–Kier alpha value is -1.19. The lowest BCUT2D eigenvalue weighted by atomic mass is 10.0. The van der Waals surface area contributed by atoms with Crippen LogP contribution in [0.25, 0.3) is 10.8 Å². The maximum Gasteiger partial charge on any atom is 0.0360 e. The molecule has 0 spiro atoms. The molecular formula is C16H21NOS. The third-order valence-electron chi connectivity index (χ3n) is 3.38. The van der Waals surface area contributed by atoms with Gasteiger partial charge in [-0.3, -0.25) is 4.21 Å². The van der Waals surface area contributed by atoms with Crippen molar-refractivity contribution in [2.24, 2.45) is 0 Å². The third-order valence-corrected chi connectivity index (χ3v) is 4.68. The van der Waals surface area contributed by atoms with Crippen molar-refractivity contribution in [2.45, 2.75) is 19.9 Å². The lowest BCUT2D eigenvalue weighted by Gasteiger charge is -2.14. The average molecular weight is 275 g/mol. The van der Waals surface area contributed by atoms with Gasteiger partial charge in [-0.2, -0.15) is 0 Å². The zero-order chi connectivity index (χ0) is 13.7. The van der Waals surface area contributed by atoms with Gasteiger partial charge in [-0.15, -0.1) is 0 Å². The van der Waals surface area contributed by atoms with Gasteiger partial charge in [0.15, 0.2) is 0 Å². The van der Waals surface area contributed by atoms with Crippen molar-refractivity contribution in [1.29, 1.82) is 0 Å². The Morgan fingerprint density at radius 2 is 1.89 bits per heavy atom. The first-order valence-electron chi connectivity index (χ1n) is 6.77. The molecular weight excluding hydrogens is 254 g/mol. The van der Waals surface area contributed by atoms with E-state index in [-0.39, 0.29) is 0 Å². The molecule has 19 heavy (non-hydrogen) atoms. The first-order valence-corrected chi connectivity index (χ1v) is 8.26. The summed E-state index contributed by atoms with van der Waals surface area (Å²) in [7, 11) is -0.685. The van der Waals surface area contributed by atoms with Crippen molar-refractivity contribution in [3.05, 3.63) is 48.0 Å². The van der Waals surface area contributed by atoms with Gasteiger partial charge in [0.2, 0.25) is 0 Å². The van der Waals surface area contributed by atoms with Crippen LogP contribution in [0.1, 0.15) is 25.5 Å². The topological polar surface area (TPSA) is 29.1 Å². The molecule has 1 N–H and O–H groups in total. The quantitative estimate of drug-likeness (QED) is 0.876. The standard InChI is InChI=1S/C16H21NOS/c1-3-19(18)11-10-17-13(2)15-9-8-14-6-4-5-7-16(14)12-15/h4-9,12-13,17H,3,10-11H2,1-2H3. The minimum atomic E-state index is -0.685. The molecule has 2 rings (SSSR count). The van der Waals surface area contributed by atoms with Crippen LogP contribution in [0.5, 0.6) is 0 Å². The van der Waals surface area contributed by atoms with E-state index in [2.05, 4.69) is 54.7 Å². The lowest BCUT2D eigenvalue weighted by molar-refractivity contribution is 0.597. The highest BCUT2D eigenvalue weighted by atomic mass is 32.2. The molecule has 0 radical (unpaired) electrons. The summed E-state index contributed by atoms with van der Waals surface area (Å²) < 4.78 is 11.4. The number of benzene rings is 2. The molecule has 3 heteroatoms. The highest BCUT2D eigenvalue weighted by Gasteiger charge is 2.06. The Morgan fingerprint density at radius 3 is 2.63 bits per heavy atom. The number of fused-ring (bicyclic) bond motifs is 1. The van der Waals surface area contributed by atoms with Gasteiger partial charge >= 0.3 is 0 Å². The van der Waals surface area contributed by atoms with E-state index < -0.39 is 10.8 Å². The van der Waals surface area contributed by atoms with Gasteiger partial charge in [-0.25, -0.2) is 0 Å². The summed E-state index contributed by atoms with van der Waals surface area (Å²) in [5.74, 6) is 1.47. The van der Waals surface area contributed by atoms with Crippen LogP contribution >= 0.6 is 0 Å². The molecule has 0 amide bonds. The zero-order valence-corrected chi connectivity index (χ0v) is 12.4. The molecule has 2 nitrogen and oxygen atoms in total. The molecule has 0 saturated carbocycles. The third kappa shape index (κ3) is 3.88. The highest BCUT2D eigenvalue weighted by Crippen LogP contribution is 2.19. The van der Waals surface area contributed by atoms with Crippen molar-refractivity contribution in [1.82, 2.24) is 5.32 Å². The minimum Gasteiger partial charge on any atom is -0.309 e. The van der Waals surface area contributed by atoms with Crippen LogP contribution in [0.3, 0.4) is 0 Å². The average Bonchev–Trinajstić information content (AvgIpc) is 2.46. The Labute approximate surface area is 117 Å². The summed E-state index contributed by atoms with van der Waals surface area (Å²) in [6, 6.07) is 15.2. The molecule has 0 bridgehead atoms. The summed E-state index contributed by atoms with van der Waals surface area (Å²) in [6.07, 6.45) is 0. The molecule has 0 aliphatic rings. The maximum absolute atomic E-state index is 11.4. The van der Waals surface area contributed by atoms with Gasteiger partial charge in [0.25, 0.3) is 0 Å². The molecule has 0 aliphatic heterocycles. The van der Waals surface area contributed by atoms with E-state index in [9.17, 15) is 4.21 Å². The van der Waals surface area contributed by atoms with Crippen LogP contribution in [0.15, 0.2) is 42.5 Å². The van der Waals surface area contributed by atoms with E-state index in [1.54, 1.807) is 0 Å². The van der Waals surface area contributed by atoms with Crippen molar-refractivity contribution in [3.63, 3.8) is 0 Å². The first-order chi connectivity index (χ1) is 9.20. The van der Waals surface area contributed by atoms with Crippen LogP contribution in [-0.4, -0.2) is 22.3 Å². The fraction of sp³-hybridized carbons (Fsp3) is 0.375. The zero-order valence-electron chi connectivity index (χ0n) is 11.6. The van der Waals surface area contributed by atoms with E-state index in [1.165, 1.54) is 16.3 Å². The van der Waals surface area contributed by atoms with E-state index in [0.29, 0.717) is 6.04 Å². The Morgan fingerprint density at radius 1 is 1.16 bits per heavy atom. The SMILES string of the molecule is CCS(=O)CCNC(C)c1ccc2ccccc2c1. The fourth-order valence-corrected chi connectivity index (χ4v) is 2.76. The Kier molecular flexibility index (Phi) is 5.11. The minimum absolute atomic E-state index is 0.290. The smallest absolute Gasteiger partial charge is 0.0360 e. The second-order valence-corrected chi connectivity index (χ2v) is 6.58. The molecule has 2 aromatic carbocycles. The van der Waals surface area contributed by atoms with E-state index >= 15 is 0 Å². The molecule has 0 saturated heterocycles. The normalized spacial score (nSPS) is 14.4. The molecule has 0 heterocycles. The monoisotopic (exact) mass is 275 g/mol. The van der Waals surface area contributed by atoms with E-state index in [1.807, 2.05) is 6.92 Å². The largest absolute Gasteiger partial charge is 0.309 e. The summed E-state index contributed by atoms with van der Waals surface area (Å²) >= 11 is 0. The number of rotatable bonds is 6. The Balaban J connectivity index is 2.00. The lowest BCUT2D eigenvalue weighted by Crippen LogP contribution is -2.24. The molecule has 2 atom stereocenters. The molecule has 102 valence electrons. The molecule has 0 fully saturated rings. The van der Waals surface area contributed by atoms with Gasteiger partial charge in [-0.1, -0.05) is 43.3 Å². The van der Waals surface area contributed by atoms with Crippen molar-refractivity contribution in [2.75, 3.05) is 18.1 Å². The van der Waals surface area contributed by atoms with E-state index in [4.69, 9.17) is 0 Å². The van der Waals surface area contributed by atoms with Gasteiger partial charge in [0.1, 0.15) is 0 Å². The predicted molar refractivity (Wildman–Crippen MR) is 83.9 cm³/mol. The predicted octanol–water partition coefficient (Wildman–Crippen LogP) is 3.26. The van der Waals surface area contributed by atoms with Crippen LogP contribution in [0.4, 0.5) is 0 Å². The number of hydrogen-bond acceptors (Lipinski definition) is 2. The molecule has 0 aliphatic carbocycles. The second-order valence-electron chi connectivity index (χ2n) is 4.72. The number of hydrogen-bond donors (Lipinski definition) is 1. The van der Waals surface area contributed by atoms with Gasteiger partial charge in [0.05, 0.1) is 0 Å². The summed E-state index contributed by atoms with van der Waals surface area (Å²) in [6.45, 7) is 4.91.